The molecule has 3 aliphatic rings. The lowest BCUT2D eigenvalue weighted by Gasteiger charge is -2.40. The van der Waals surface area contributed by atoms with Gasteiger partial charge in [-0.2, -0.15) is 4.98 Å². The lowest BCUT2D eigenvalue weighted by Crippen LogP contribution is -2.46. The summed E-state index contributed by atoms with van der Waals surface area (Å²) in [4.78, 5) is 19.9. The van der Waals surface area contributed by atoms with E-state index < -0.39 is 0 Å². The maximum absolute atomic E-state index is 13.0. The number of hydrogen-bond donors (Lipinski definition) is 0. The van der Waals surface area contributed by atoms with Gasteiger partial charge in [0.15, 0.2) is 5.82 Å². The van der Waals surface area contributed by atoms with Crippen molar-refractivity contribution in [2.45, 2.75) is 63.2 Å². The summed E-state index contributed by atoms with van der Waals surface area (Å²) in [6.45, 7) is 5.07. The molecule has 160 valence electrons. The summed E-state index contributed by atoms with van der Waals surface area (Å²) in [5.74, 6) is 2.88. The Bertz CT molecular complexity index is 891. The number of benzene rings is 1. The number of hydrogen-bond acceptors (Lipinski definition) is 5. The van der Waals surface area contributed by atoms with E-state index in [-0.39, 0.29) is 11.3 Å². The van der Waals surface area contributed by atoms with E-state index in [1.165, 1.54) is 12.8 Å². The molecule has 0 unspecified atom stereocenters. The van der Waals surface area contributed by atoms with Crippen LogP contribution in [0.3, 0.4) is 0 Å². The molecule has 1 amide bonds. The van der Waals surface area contributed by atoms with Gasteiger partial charge < -0.3 is 14.2 Å². The van der Waals surface area contributed by atoms with Crippen molar-refractivity contribution >= 4 is 5.91 Å². The van der Waals surface area contributed by atoms with Crippen LogP contribution in [-0.4, -0.2) is 47.3 Å². The standard InChI is InChI=1S/C24H31N3O3/c1-17-3-2-4-20(15-17)22(28)27-11-9-24(10-12-27,16-18-5-6-18)23-25-21(30-26-23)19-7-13-29-14-8-19/h2-4,15,18-19H,5-14,16H2,1H3. The first-order valence-corrected chi connectivity index (χ1v) is 11.4. The van der Waals surface area contributed by atoms with Crippen molar-refractivity contribution < 1.29 is 14.1 Å². The first kappa shape index (κ1) is 19.7. The molecular formula is C24H31N3O3. The number of ether oxygens (including phenoxy) is 1. The molecule has 30 heavy (non-hydrogen) atoms. The van der Waals surface area contributed by atoms with E-state index in [1.54, 1.807) is 0 Å². The Hall–Kier alpha value is -2.21. The van der Waals surface area contributed by atoms with Crippen LogP contribution in [0.15, 0.2) is 28.8 Å². The van der Waals surface area contributed by atoms with Crippen molar-refractivity contribution in [3.05, 3.63) is 47.1 Å². The second-order valence-corrected chi connectivity index (χ2v) is 9.43. The zero-order valence-electron chi connectivity index (χ0n) is 17.8. The lowest BCUT2D eigenvalue weighted by atomic mass is 9.73. The Morgan fingerprint density at radius 3 is 2.63 bits per heavy atom. The number of nitrogens with zero attached hydrogens (tertiary/aromatic N) is 3. The minimum Gasteiger partial charge on any atom is -0.381 e. The number of aryl methyl sites for hydroxylation is 1. The fourth-order valence-electron chi connectivity index (χ4n) is 5.05. The summed E-state index contributed by atoms with van der Waals surface area (Å²) in [7, 11) is 0. The number of carbonyl (C=O) groups excluding carboxylic acids is 1. The van der Waals surface area contributed by atoms with Gasteiger partial charge in [-0.25, -0.2) is 0 Å². The molecule has 6 nitrogen and oxygen atoms in total. The molecular weight excluding hydrogens is 378 g/mol. The Balaban J connectivity index is 1.32. The monoisotopic (exact) mass is 409 g/mol. The third kappa shape index (κ3) is 4.02. The summed E-state index contributed by atoms with van der Waals surface area (Å²) >= 11 is 0. The number of aromatic nitrogens is 2. The molecule has 3 heterocycles. The van der Waals surface area contributed by atoms with Gasteiger partial charge in [0, 0.05) is 43.2 Å². The van der Waals surface area contributed by atoms with Crippen LogP contribution in [-0.2, 0) is 10.2 Å². The van der Waals surface area contributed by atoms with Gasteiger partial charge in [0.1, 0.15) is 0 Å². The molecule has 1 saturated carbocycles. The van der Waals surface area contributed by atoms with Crippen LogP contribution >= 0.6 is 0 Å². The van der Waals surface area contributed by atoms with E-state index in [9.17, 15) is 4.79 Å². The maximum atomic E-state index is 13.0. The van der Waals surface area contributed by atoms with E-state index in [0.29, 0.717) is 5.92 Å². The SMILES string of the molecule is Cc1cccc(C(=O)N2CCC(CC3CC3)(c3noc(C4CCOCC4)n3)CC2)c1. The molecule has 0 bridgehead atoms. The third-order valence-corrected chi connectivity index (χ3v) is 7.14. The molecule has 2 aromatic rings. The molecule has 1 aromatic carbocycles. The molecule has 1 aliphatic carbocycles. The predicted molar refractivity (Wildman–Crippen MR) is 112 cm³/mol. The molecule has 6 heteroatoms. The zero-order valence-corrected chi connectivity index (χ0v) is 17.8. The van der Waals surface area contributed by atoms with Crippen molar-refractivity contribution in [2.75, 3.05) is 26.3 Å². The summed E-state index contributed by atoms with van der Waals surface area (Å²) in [5.41, 5.74) is 1.84. The van der Waals surface area contributed by atoms with Crippen molar-refractivity contribution in [1.29, 1.82) is 0 Å². The van der Waals surface area contributed by atoms with E-state index in [2.05, 4.69) is 5.16 Å². The Morgan fingerprint density at radius 2 is 1.93 bits per heavy atom. The highest BCUT2D eigenvalue weighted by atomic mass is 16.5. The van der Waals surface area contributed by atoms with Crippen LogP contribution in [0.5, 0.6) is 0 Å². The minimum absolute atomic E-state index is 0.0581. The van der Waals surface area contributed by atoms with Crippen molar-refractivity contribution in [2.24, 2.45) is 5.92 Å². The Kier molecular flexibility index (Phi) is 5.35. The van der Waals surface area contributed by atoms with Crippen LogP contribution in [0.2, 0.25) is 0 Å². The lowest BCUT2D eigenvalue weighted by molar-refractivity contribution is 0.0645. The first-order chi connectivity index (χ1) is 14.6. The zero-order chi connectivity index (χ0) is 20.6. The number of carbonyl (C=O) groups is 1. The van der Waals surface area contributed by atoms with Gasteiger partial charge >= 0.3 is 0 Å². The number of rotatable bonds is 5. The summed E-state index contributed by atoms with van der Waals surface area (Å²) in [5, 5.41) is 4.48. The Labute approximate surface area is 178 Å². The first-order valence-electron chi connectivity index (χ1n) is 11.4. The topological polar surface area (TPSA) is 68.5 Å². The summed E-state index contributed by atoms with van der Waals surface area (Å²) < 4.78 is 11.2. The number of amides is 1. The summed E-state index contributed by atoms with van der Waals surface area (Å²) in [6, 6.07) is 7.88. The van der Waals surface area contributed by atoms with Crippen LogP contribution in [0.1, 0.15) is 78.5 Å². The van der Waals surface area contributed by atoms with Gasteiger partial charge in [0.2, 0.25) is 5.89 Å². The van der Waals surface area contributed by atoms with Gasteiger partial charge in [-0.3, -0.25) is 4.79 Å². The molecule has 0 spiro atoms. The van der Waals surface area contributed by atoms with Gasteiger partial charge in [-0.1, -0.05) is 35.7 Å². The average molecular weight is 410 g/mol. The largest absolute Gasteiger partial charge is 0.381 e. The van der Waals surface area contributed by atoms with Crippen molar-refractivity contribution in [3.8, 4) is 0 Å². The van der Waals surface area contributed by atoms with E-state index in [4.69, 9.17) is 14.2 Å². The highest BCUT2D eigenvalue weighted by molar-refractivity contribution is 5.94. The Morgan fingerprint density at radius 1 is 1.17 bits per heavy atom. The van der Waals surface area contributed by atoms with Crippen LogP contribution in [0.4, 0.5) is 0 Å². The fourth-order valence-corrected chi connectivity index (χ4v) is 5.05. The maximum Gasteiger partial charge on any atom is 0.253 e. The van der Waals surface area contributed by atoms with Crippen molar-refractivity contribution in [1.82, 2.24) is 15.0 Å². The quantitative estimate of drug-likeness (QED) is 0.739. The van der Waals surface area contributed by atoms with E-state index >= 15 is 0 Å². The highest BCUT2D eigenvalue weighted by Gasteiger charge is 2.45. The normalized spacial score (nSPS) is 22.2. The van der Waals surface area contributed by atoms with Gasteiger partial charge in [-0.15, -0.1) is 0 Å². The van der Waals surface area contributed by atoms with Gasteiger partial charge in [-0.05, 0) is 57.1 Å². The second kappa shape index (κ2) is 8.14. The minimum atomic E-state index is -0.0581. The smallest absolute Gasteiger partial charge is 0.253 e. The predicted octanol–water partition coefficient (Wildman–Crippen LogP) is 4.25. The molecule has 0 atom stereocenters. The molecule has 0 N–H and O–H groups in total. The number of piperidine rings is 1. The van der Waals surface area contributed by atoms with Crippen LogP contribution < -0.4 is 0 Å². The second-order valence-electron chi connectivity index (χ2n) is 9.43. The molecule has 3 fully saturated rings. The molecule has 2 saturated heterocycles. The highest BCUT2D eigenvalue weighted by Crippen LogP contribution is 2.47. The fraction of sp³-hybridized carbons (Fsp3) is 0.625. The molecule has 1 aromatic heterocycles. The molecule has 5 rings (SSSR count). The van der Waals surface area contributed by atoms with E-state index in [1.807, 2.05) is 36.1 Å². The number of likely N-dealkylation sites (tertiary alicyclic amines) is 1. The van der Waals surface area contributed by atoms with E-state index in [0.717, 1.165) is 87.2 Å². The average Bonchev–Trinajstić information content (AvgIpc) is 3.44. The van der Waals surface area contributed by atoms with Gasteiger partial charge in [0.25, 0.3) is 5.91 Å². The molecule has 0 radical (unpaired) electrons. The molecule has 2 aliphatic heterocycles. The van der Waals surface area contributed by atoms with Crippen LogP contribution in [0.25, 0.3) is 0 Å². The third-order valence-electron chi connectivity index (χ3n) is 7.14. The van der Waals surface area contributed by atoms with Crippen molar-refractivity contribution in [3.63, 3.8) is 0 Å². The van der Waals surface area contributed by atoms with Crippen LogP contribution in [0, 0.1) is 12.8 Å². The van der Waals surface area contributed by atoms with Gasteiger partial charge in [0.05, 0.1) is 0 Å². The summed E-state index contributed by atoms with van der Waals surface area (Å²) in [6.07, 6.45) is 7.45.